The second-order valence-electron chi connectivity index (χ2n) is 5.34. The van der Waals surface area contributed by atoms with E-state index >= 15 is 0 Å². The topological polar surface area (TPSA) is 87.7 Å². The Morgan fingerprint density at radius 3 is 2.79 bits per heavy atom. The Morgan fingerprint density at radius 1 is 1.63 bits per heavy atom. The van der Waals surface area contributed by atoms with Crippen LogP contribution in [0.5, 0.6) is 0 Å². The number of amidine groups is 1. The Balaban J connectivity index is 2.04. The zero-order valence-corrected chi connectivity index (χ0v) is 12.0. The van der Waals surface area contributed by atoms with Gasteiger partial charge in [-0.25, -0.2) is 0 Å². The van der Waals surface area contributed by atoms with Gasteiger partial charge >= 0.3 is 0 Å². The summed E-state index contributed by atoms with van der Waals surface area (Å²) in [5, 5.41) is 18.9. The summed E-state index contributed by atoms with van der Waals surface area (Å²) in [4.78, 5) is 12.3. The fourth-order valence-corrected chi connectivity index (χ4v) is 3.51. The number of nitrogens with two attached hydrogens (primary N) is 1. The minimum Gasteiger partial charge on any atom is -0.409 e. The molecule has 1 saturated carbocycles. The molecule has 1 aliphatic carbocycles. The summed E-state index contributed by atoms with van der Waals surface area (Å²) in [6.07, 6.45) is 1.27. The van der Waals surface area contributed by atoms with E-state index in [1.807, 2.05) is 17.7 Å². The molecule has 4 N–H and O–H groups in total. The zero-order valence-electron chi connectivity index (χ0n) is 11.1. The molecule has 0 unspecified atom stereocenters. The Labute approximate surface area is 116 Å². The van der Waals surface area contributed by atoms with Crippen molar-refractivity contribution in [2.75, 3.05) is 0 Å². The molecule has 0 radical (unpaired) electrons. The van der Waals surface area contributed by atoms with Gasteiger partial charge < -0.3 is 16.3 Å². The van der Waals surface area contributed by atoms with Crippen molar-refractivity contribution >= 4 is 23.1 Å². The molecule has 104 valence electrons. The fourth-order valence-electron chi connectivity index (χ4n) is 2.65. The molecule has 0 aliphatic heterocycles. The SMILES string of the molecule is Cc1cscc1CNC(=O)C1(/C(N)=N/O)CC(C)C1. The van der Waals surface area contributed by atoms with Crippen LogP contribution < -0.4 is 11.1 Å². The minimum absolute atomic E-state index is 0.0186. The first-order chi connectivity index (χ1) is 8.99. The average molecular weight is 281 g/mol. The first-order valence-corrected chi connectivity index (χ1v) is 7.22. The summed E-state index contributed by atoms with van der Waals surface area (Å²) in [5.41, 5.74) is 7.16. The van der Waals surface area contributed by atoms with Crippen molar-refractivity contribution in [3.8, 4) is 0 Å². The molecule has 1 aromatic heterocycles. The number of amides is 1. The second kappa shape index (κ2) is 5.21. The summed E-state index contributed by atoms with van der Waals surface area (Å²) in [6.45, 7) is 4.56. The van der Waals surface area contributed by atoms with E-state index in [9.17, 15) is 4.79 Å². The van der Waals surface area contributed by atoms with Crippen LogP contribution in [0.25, 0.3) is 0 Å². The molecule has 1 fully saturated rings. The number of carbonyl (C=O) groups excluding carboxylic acids is 1. The highest BCUT2D eigenvalue weighted by Gasteiger charge is 2.52. The van der Waals surface area contributed by atoms with Crippen LogP contribution in [-0.4, -0.2) is 17.0 Å². The van der Waals surface area contributed by atoms with Crippen molar-refractivity contribution in [2.45, 2.75) is 33.2 Å². The quantitative estimate of drug-likeness (QED) is 0.340. The first kappa shape index (κ1) is 13.9. The summed E-state index contributed by atoms with van der Waals surface area (Å²) >= 11 is 1.62. The number of carbonyl (C=O) groups is 1. The Hall–Kier alpha value is -1.56. The third kappa shape index (κ3) is 2.45. The molecule has 0 spiro atoms. The summed E-state index contributed by atoms with van der Waals surface area (Å²) < 4.78 is 0. The highest BCUT2D eigenvalue weighted by molar-refractivity contribution is 7.08. The Bertz CT molecular complexity index is 504. The lowest BCUT2D eigenvalue weighted by Crippen LogP contribution is -2.56. The molecule has 0 saturated heterocycles. The van der Waals surface area contributed by atoms with Crippen molar-refractivity contribution < 1.29 is 10.0 Å². The van der Waals surface area contributed by atoms with Gasteiger partial charge in [0, 0.05) is 6.54 Å². The van der Waals surface area contributed by atoms with Crippen LogP contribution in [0.3, 0.4) is 0 Å². The lowest BCUT2D eigenvalue weighted by atomic mass is 9.61. The van der Waals surface area contributed by atoms with Gasteiger partial charge in [0.15, 0.2) is 5.84 Å². The molecule has 19 heavy (non-hydrogen) atoms. The van der Waals surface area contributed by atoms with E-state index in [4.69, 9.17) is 10.9 Å². The number of hydrogen-bond acceptors (Lipinski definition) is 4. The Morgan fingerprint density at radius 2 is 2.32 bits per heavy atom. The summed E-state index contributed by atoms with van der Waals surface area (Å²) in [5.74, 6) is 0.297. The molecule has 0 aromatic carbocycles. The van der Waals surface area contributed by atoms with Gasteiger partial charge in [-0.1, -0.05) is 12.1 Å². The van der Waals surface area contributed by atoms with Crippen molar-refractivity contribution in [2.24, 2.45) is 22.2 Å². The number of nitrogens with zero attached hydrogens (tertiary/aromatic N) is 1. The van der Waals surface area contributed by atoms with Crippen molar-refractivity contribution in [1.29, 1.82) is 0 Å². The van der Waals surface area contributed by atoms with E-state index in [1.54, 1.807) is 11.3 Å². The van der Waals surface area contributed by atoms with E-state index in [1.165, 1.54) is 5.56 Å². The maximum absolute atomic E-state index is 12.3. The maximum Gasteiger partial charge on any atom is 0.234 e. The molecule has 0 bridgehead atoms. The standard InChI is InChI=1S/C13H19N3O2S/c1-8-3-13(4-8,11(14)16-18)12(17)15-5-10-7-19-6-9(10)2/h6-8,18H,3-5H2,1-2H3,(H2,14,16)(H,15,17). The van der Waals surface area contributed by atoms with Crippen LogP contribution >= 0.6 is 11.3 Å². The van der Waals surface area contributed by atoms with Crippen LogP contribution in [0.2, 0.25) is 0 Å². The number of nitrogens with one attached hydrogen (secondary N) is 1. The van der Waals surface area contributed by atoms with Crippen LogP contribution in [-0.2, 0) is 11.3 Å². The van der Waals surface area contributed by atoms with E-state index in [2.05, 4.69) is 17.4 Å². The van der Waals surface area contributed by atoms with E-state index < -0.39 is 5.41 Å². The Kier molecular flexibility index (Phi) is 3.80. The number of oxime groups is 1. The maximum atomic E-state index is 12.3. The monoisotopic (exact) mass is 281 g/mol. The molecule has 1 aliphatic rings. The predicted molar refractivity (Wildman–Crippen MR) is 75.1 cm³/mol. The minimum atomic E-state index is -0.821. The van der Waals surface area contributed by atoms with Gasteiger partial charge in [0.05, 0.1) is 0 Å². The third-order valence-corrected chi connectivity index (χ3v) is 4.74. The molecule has 1 aromatic rings. The second-order valence-corrected chi connectivity index (χ2v) is 6.09. The van der Waals surface area contributed by atoms with E-state index in [0.717, 1.165) is 5.56 Å². The zero-order chi connectivity index (χ0) is 14.0. The van der Waals surface area contributed by atoms with Gasteiger partial charge in [-0.05, 0) is 47.6 Å². The highest BCUT2D eigenvalue weighted by Crippen LogP contribution is 2.45. The largest absolute Gasteiger partial charge is 0.409 e. The summed E-state index contributed by atoms with van der Waals surface area (Å²) in [7, 11) is 0. The molecule has 0 atom stereocenters. The molecule has 1 amide bonds. The molecule has 2 rings (SSSR count). The molecular formula is C13H19N3O2S. The lowest BCUT2D eigenvalue weighted by molar-refractivity contribution is -0.133. The van der Waals surface area contributed by atoms with Crippen LogP contribution in [0, 0.1) is 18.3 Å². The van der Waals surface area contributed by atoms with Crippen molar-refractivity contribution in [1.82, 2.24) is 5.32 Å². The molecule has 5 nitrogen and oxygen atoms in total. The fraction of sp³-hybridized carbons (Fsp3) is 0.538. The lowest BCUT2D eigenvalue weighted by Gasteiger charge is -2.43. The first-order valence-electron chi connectivity index (χ1n) is 6.27. The van der Waals surface area contributed by atoms with Gasteiger partial charge in [0.25, 0.3) is 0 Å². The third-order valence-electron chi connectivity index (χ3n) is 3.83. The van der Waals surface area contributed by atoms with Crippen molar-refractivity contribution in [3.63, 3.8) is 0 Å². The van der Waals surface area contributed by atoms with E-state index in [-0.39, 0.29) is 11.7 Å². The van der Waals surface area contributed by atoms with Gasteiger partial charge in [-0.15, -0.1) is 0 Å². The van der Waals surface area contributed by atoms with Gasteiger partial charge in [0.1, 0.15) is 5.41 Å². The van der Waals surface area contributed by atoms with Crippen molar-refractivity contribution in [3.05, 3.63) is 21.9 Å². The van der Waals surface area contributed by atoms with E-state index in [0.29, 0.717) is 25.3 Å². The molecular weight excluding hydrogens is 262 g/mol. The average Bonchev–Trinajstić information content (AvgIpc) is 2.76. The van der Waals surface area contributed by atoms with Gasteiger partial charge in [-0.2, -0.15) is 11.3 Å². The molecule has 6 heteroatoms. The van der Waals surface area contributed by atoms with Crippen LogP contribution in [0.15, 0.2) is 15.9 Å². The van der Waals surface area contributed by atoms with Crippen LogP contribution in [0.1, 0.15) is 30.9 Å². The number of aryl methyl sites for hydroxylation is 1. The predicted octanol–water partition coefficient (Wildman–Crippen LogP) is 1.84. The molecule has 1 heterocycles. The van der Waals surface area contributed by atoms with Crippen LogP contribution in [0.4, 0.5) is 0 Å². The normalized spacial score (nSPS) is 26.8. The number of rotatable bonds is 4. The smallest absolute Gasteiger partial charge is 0.234 e. The van der Waals surface area contributed by atoms with Gasteiger partial charge in [-0.3, -0.25) is 4.79 Å². The number of hydrogen-bond donors (Lipinski definition) is 3. The highest BCUT2D eigenvalue weighted by atomic mass is 32.1. The van der Waals surface area contributed by atoms with Gasteiger partial charge in [0.2, 0.25) is 5.91 Å². The number of thiophene rings is 1. The summed E-state index contributed by atoms with van der Waals surface area (Å²) in [6, 6.07) is 0.